The van der Waals surface area contributed by atoms with Crippen molar-refractivity contribution in [2.75, 3.05) is 0 Å². The molecule has 0 saturated heterocycles. The van der Waals surface area contributed by atoms with E-state index < -0.39 is 19.8 Å². The Morgan fingerprint density at radius 3 is 1.22 bits per heavy atom. The summed E-state index contributed by atoms with van der Waals surface area (Å²) in [6.07, 6.45) is 0. The van der Waals surface area contributed by atoms with Crippen LogP contribution in [0.5, 0.6) is 0 Å². The molecule has 0 amide bonds. The smallest absolute Gasteiger partial charge is 0.488 e. The van der Waals surface area contributed by atoms with Crippen LogP contribution in [0, 0.1) is 11.8 Å². The maximum atomic E-state index is 6.25. The predicted molar refractivity (Wildman–Crippen MR) is 42.2 cm³/mol. The molecule has 0 aromatic heterocycles. The Morgan fingerprint density at radius 2 is 1.22 bits per heavy atom. The van der Waals surface area contributed by atoms with E-state index in [1.54, 1.807) is 13.3 Å². The van der Waals surface area contributed by atoms with E-state index >= 15 is 0 Å². The summed E-state index contributed by atoms with van der Waals surface area (Å²) >= 11 is -0.653. The zero-order valence-corrected chi connectivity index (χ0v) is 9.42. The topological polar surface area (TPSA) is 23.8 Å². The van der Waals surface area contributed by atoms with Gasteiger partial charge in [-0.05, 0) is 0 Å². The summed E-state index contributed by atoms with van der Waals surface area (Å²) in [5.41, 5.74) is 0. The van der Waals surface area contributed by atoms with Crippen LogP contribution in [-0.2, 0) is 0 Å². The van der Waals surface area contributed by atoms with Gasteiger partial charge in [-0.25, -0.2) is 0 Å². The maximum Gasteiger partial charge on any atom is -0.488 e. The Labute approximate surface area is 65.8 Å². The number of rotatable bonds is 3. The van der Waals surface area contributed by atoms with Crippen molar-refractivity contribution in [3.63, 3.8) is 0 Å². The van der Waals surface area contributed by atoms with Crippen LogP contribution in [0.25, 0.3) is 0 Å². The van der Waals surface area contributed by atoms with Gasteiger partial charge in [-0.2, -0.15) is 0 Å². The predicted octanol–water partition coefficient (Wildman–Crippen LogP) is 2.64. The first-order valence-corrected chi connectivity index (χ1v) is 9.46. The van der Waals surface area contributed by atoms with Crippen molar-refractivity contribution in [1.82, 2.24) is 0 Å². The second-order valence-electron chi connectivity index (χ2n) is 1.81. The van der Waals surface area contributed by atoms with Gasteiger partial charge >= 0.3 is 53.8 Å². The molecule has 0 spiro atoms. The van der Waals surface area contributed by atoms with Crippen molar-refractivity contribution in [2.24, 2.45) is 0 Å². The molecular weight excluding hydrogens is 217 g/mol. The van der Waals surface area contributed by atoms with Crippen molar-refractivity contribution in [3.8, 4) is 0 Å². The van der Waals surface area contributed by atoms with Gasteiger partial charge in [-0.15, -0.1) is 0 Å². The minimum absolute atomic E-state index is 0.653. The molecule has 0 unspecified atom stereocenters. The quantitative estimate of drug-likeness (QED) is 0.541. The van der Waals surface area contributed by atoms with Crippen LogP contribution in [0.4, 0.5) is 0 Å². The summed E-state index contributed by atoms with van der Waals surface area (Å²) in [5.74, 6) is 0. The third-order valence-corrected chi connectivity index (χ3v) is 10.1. The van der Waals surface area contributed by atoms with Crippen LogP contribution in [-0.4, -0.2) is 19.8 Å². The van der Waals surface area contributed by atoms with Gasteiger partial charge in [0.15, 0.2) is 0 Å². The molecule has 52 valence electrons. The Morgan fingerprint density at radius 1 is 1.00 bits per heavy atom. The van der Waals surface area contributed by atoms with E-state index in [1.165, 1.54) is 0 Å². The molecule has 0 aliphatic carbocycles. The average Bonchev–Trinajstić information content (AvgIpc) is 1.96. The van der Waals surface area contributed by atoms with Gasteiger partial charge in [-0.1, -0.05) is 0 Å². The van der Waals surface area contributed by atoms with E-state index in [0.29, 0.717) is 0 Å². The monoisotopic (exact) mass is 233 g/mol. The van der Waals surface area contributed by atoms with Crippen LogP contribution in [0.2, 0.25) is 13.3 Å². The summed E-state index contributed by atoms with van der Waals surface area (Å²) in [6.45, 7) is 11.8. The van der Waals surface area contributed by atoms with Crippen LogP contribution in [0.15, 0.2) is 0 Å². The van der Waals surface area contributed by atoms with Gasteiger partial charge in [-0.3, -0.25) is 0 Å². The third-order valence-electron chi connectivity index (χ3n) is 1.50. The first kappa shape index (κ1) is 12.0. The van der Waals surface area contributed by atoms with Gasteiger partial charge in [0.05, 0.1) is 0 Å². The van der Waals surface area contributed by atoms with Crippen molar-refractivity contribution < 1.29 is 0 Å². The van der Waals surface area contributed by atoms with Crippen molar-refractivity contribution in [3.05, 3.63) is 6.57 Å². The number of hydrogen-bond donors (Lipinski definition) is 0. The largest absolute Gasteiger partial charge is 0.512 e. The van der Waals surface area contributed by atoms with E-state index in [-0.39, 0.29) is 0 Å². The average molecular weight is 232 g/mol. The molecule has 0 rings (SSSR count). The minimum atomic E-state index is -0.653. The second-order valence-corrected chi connectivity index (χ2v) is 12.1. The van der Waals surface area contributed by atoms with E-state index in [2.05, 4.69) is 20.8 Å². The summed E-state index contributed by atoms with van der Waals surface area (Å²) in [4.78, 5) is 0. The Kier molecular flexibility index (Phi) is 14.9. The van der Waals surface area contributed by atoms with Gasteiger partial charge in [0, 0.05) is 0 Å². The molecule has 0 fully saturated rings. The Hall–Kier alpha value is 0.289. The molecule has 2 heteroatoms. The van der Waals surface area contributed by atoms with E-state index in [4.69, 9.17) is 11.8 Å². The van der Waals surface area contributed by atoms with Gasteiger partial charge in [0.25, 0.3) is 0 Å². The fourth-order valence-corrected chi connectivity index (χ4v) is 5.03. The summed E-state index contributed by atoms with van der Waals surface area (Å²) in [6, 6.07) is 0. The summed E-state index contributed by atoms with van der Waals surface area (Å²) in [7, 11) is 0. The van der Waals surface area contributed by atoms with E-state index in [9.17, 15) is 0 Å². The van der Waals surface area contributed by atoms with E-state index in [0.717, 1.165) is 0 Å². The number of nitrogens with zero attached hydrogens (tertiary/aromatic N) is 1. The summed E-state index contributed by atoms with van der Waals surface area (Å²) in [5, 5.41) is 6.25. The first-order chi connectivity index (χ1) is 4.35. The second kappa shape index (κ2) is 11.1. The fourth-order valence-electron chi connectivity index (χ4n) is 0.750. The normalized spacial score (nSPS) is 7.22. The van der Waals surface area contributed by atoms with Crippen molar-refractivity contribution in [2.45, 2.75) is 34.1 Å². The summed E-state index contributed by atoms with van der Waals surface area (Å²) < 4.78 is 4.65. The molecule has 0 N–H and O–H groups in total. The molecule has 0 aliphatic heterocycles. The maximum absolute atomic E-state index is 6.25. The molecule has 0 bridgehead atoms. The molecule has 9 heavy (non-hydrogen) atoms. The first-order valence-electron chi connectivity index (χ1n) is 3.41. The van der Waals surface area contributed by atoms with Crippen LogP contribution in [0.1, 0.15) is 20.8 Å². The van der Waals surface area contributed by atoms with Gasteiger partial charge in [0.2, 0.25) is 0 Å². The molecule has 0 atom stereocenters. The molecule has 0 radical (unpaired) electrons. The Balaban J connectivity index is 0. The Bertz CT molecular complexity index is 51.7. The van der Waals surface area contributed by atoms with Crippen LogP contribution < -0.4 is 0 Å². The molecule has 0 heterocycles. The fraction of sp³-hybridized carbons (Fsp3) is 0.857. The third kappa shape index (κ3) is 8.29. The zero-order valence-electron chi connectivity index (χ0n) is 6.57. The standard InChI is InChI=1S/3C2H5.CN.Sn/c4*1-2;/h3*1H2,2H3;;/q;;;-1;+1. The van der Waals surface area contributed by atoms with Crippen molar-refractivity contribution >= 4 is 19.8 Å². The number of hydrogen-bond acceptors (Lipinski definition) is 1. The molecule has 1 nitrogen and oxygen atoms in total. The van der Waals surface area contributed by atoms with Gasteiger partial charge in [0.1, 0.15) is 0 Å². The molecule has 0 aromatic carbocycles. The van der Waals surface area contributed by atoms with Crippen LogP contribution >= 0.6 is 0 Å². The minimum Gasteiger partial charge on any atom is -0.512 e. The van der Waals surface area contributed by atoms with E-state index in [1.807, 2.05) is 0 Å². The molecular formula is C7H15NSn. The molecule has 0 aliphatic rings. The van der Waals surface area contributed by atoms with Crippen LogP contribution in [0.3, 0.4) is 0 Å². The molecule has 0 aromatic rings. The molecule has 0 saturated carbocycles. The van der Waals surface area contributed by atoms with Gasteiger partial charge < -0.3 is 11.8 Å². The SMILES string of the molecule is C[CH2][Sn+]([CH2]C)[CH2]C.[C-]#N. The van der Waals surface area contributed by atoms with Crippen molar-refractivity contribution in [1.29, 1.82) is 5.26 Å². The zero-order chi connectivity index (χ0) is 7.70.